The van der Waals surface area contributed by atoms with Crippen LogP contribution >= 0.6 is 0 Å². The molecule has 0 spiro atoms. The van der Waals surface area contributed by atoms with Crippen LogP contribution in [-0.4, -0.2) is 62.9 Å². The van der Waals surface area contributed by atoms with Gasteiger partial charge in [0.25, 0.3) is 5.91 Å². The molecule has 4 rings (SSSR count). The van der Waals surface area contributed by atoms with E-state index < -0.39 is 36.1 Å². The smallest absolute Gasteiger partial charge is 0.326 e. The molecule has 4 aliphatic carbocycles. The van der Waals surface area contributed by atoms with E-state index in [2.05, 4.69) is 30.4 Å². The number of carbonyl (C=O) groups excluding carboxylic acids is 2. The van der Waals surface area contributed by atoms with Gasteiger partial charge in [0.05, 0.1) is 5.71 Å². The molecule has 4 aliphatic rings. The van der Waals surface area contributed by atoms with E-state index in [-0.39, 0.29) is 29.5 Å². The summed E-state index contributed by atoms with van der Waals surface area (Å²) in [6.45, 7) is 5.53. The van der Waals surface area contributed by atoms with Crippen molar-refractivity contribution in [1.29, 1.82) is 0 Å². The molecular formula is C28H40N2O8. The fraction of sp³-hybridized carbons (Fsp3) is 0.750. The zero-order chi connectivity index (χ0) is 27.9. The molecule has 4 N–H and O–H groups in total. The lowest BCUT2D eigenvalue weighted by Gasteiger charge is -2.59. The Bertz CT molecular complexity index is 1070. The summed E-state index contributed by atoms with van der Waals surface area (Å²) in [5, 5.41) is 35.7. The predicted octanol–water partition coefficient (Wildman–Crippen LogP) is 3.08. The number of amides is 1. The van der Waals surface area contributed by atoms with E-state index in [0.29, 0.717) is 30.6 Å². The van der Waals surface area contributed by atoms with Crippen LogP contribution in [0.5, 0.6) is 0 Å². The van der Waals surface area contributed by atoms with Gasteiger partial charge in [0.2, 0.25) is 0 Å². The average molecular weight is 533 g/mol. The summed E-state index contributed by atoms with van der Waals surface area (Å²) in [5.41, 5.74) is 0.532. The molecule has 3 fully saturated rings. The van der Waals surface area contributed by atoms with E-state index in [4.69, 9.17) is 9.94 Å². The lowest BCUT2D eigenvalue weighted by Crippen LogP contribution is -2.57. The highest BCUT2D eigenvalue weighted by atomic mass is 16.6. The number of aliphatic hydroxyl groups is 1. The van der Waals surface area contributed by atoms with Crippen molar-refractivity contribution < 1.29 is 39.3 Å². The fourth-order valence-corrected chi connectivity index (χ4v) is 8.17. The normalized spacial score (nSPS) is 37.7. The monoisotopic (exact) mass is 532 g/mol. The van der Waals surface area contributed by atoms with Crippen LogP contribution in [-0.2, 0) is 24.0 Å². The van der Waals surface area contributed by atoms with E-state index in [1.54, 1.807) is 0 Å². The highest BCUT2D eigenvalue weighted by Gasteiger charge is 2.65. The van der Waals surface area contributed by atoms with Crippen LogP contribution in [0.15, 0.2) is 16.8 Å². The fourth-order valence-electron chi connectivity index (χ4n) is 8.17. The molecule has 10 heteroatoms. The lowest BCUT2D eigenvalue weighted by atomic mass is 9.46. The van der Waals surface area contributed by atoms with Gasteiger partial charge in [0, 0.05) is 11.8 Å². The number of oxime groups is 1. The molecule has 0 radical (unpaired) electrons. The number of rotatable bonds is 9. The average Bonchev–Trinajstić information content (AvgIpc) is 3.13. The number of carboxylic acids is 2. The number of carboxylic acid groups (broad SMARTS) is 2. The summed E-state index contributed by atoms with van der Waals surface area (Å²) >= 11 is 0. The third kappa shape index (κ3) is 4.87. The van der Waals surface area contributed by atoms with Gasteiger partial charge in [-0.2, -0.15) is 0 Å². The van der Waals surface area contributed by atoms with Crippen LogP contribution in [0.25, 0.3) is 0 Å². The Labute approximate surface area is 222 Å². The van der Waals surface area contributed by atoms with Gasteiger partial charge in [-0.1, -0.05) is 24.6 Å². The Morgan fingerprint density at radius 3 is 2.45 bits per heavy atom. The summed E-state index contributed by atoms with van der Waals surface area (Å²) in [7, 11) is 0. The third-order valence-corrected chi connectivity index (χ3v) is 10.4. The van der Waals surface area contributed by atoms with Gasteiger partial charge >= 0.3 is 11.9 Å². The molecule has 0 unspecified atom stereocenters. The first-order chi connectivity index (χ1) is 17.8. The number of nitrogens with one attached hydrogen (secondary N) is 1. The number of aliphatic carboxylic acids is 2. The molecule has 3 saturated carbocycles. The van der Waals surface area contributed by atoms with Crippen LogP contribution in [0, 0.1) is 28.6 Å². The minimum absolute atomic E-state index is 0.0242. The standard InChI is InChI=1S/C28H40N2O8/c1-16(31)28(37)13-10-21-19-5-4-17-14-18(8-11-26(17,2)20(19)9-12-27(21,28)3)30-38-15-23(32)29-22(25(35)36)6-7-24(33)34/h14,19-22,37H,4-13,15H2,1-3H3,(H,29,32)(H,33,34)(H,35,36)/t19-,20+,21+,22+,26+,27+,28+/m1/s1. The number of nitrogens with zero attached hydrogens (tertiary/aromatic N) is 1. The summed E-state index contributed by atoms with van der Waals surface area (Å²) in [4.78, 5) is 51.7. The molecule has 0 aromatic heterocycles. The van der Waals surface area contributed by atoms with E-state index in [1.807, 2.05) is 0 Å². The van der Waals surface area contributed by atoms with Crippen LogP contribution in [0.3, 0.4) is 0 Å². The molecule has 7 atom stereocenters. The van der Waals surface area contributed by atoms with Crippen molar-refractivity contribution in [2.45, 2.75) is 96.6 Å². The van der Waals surface area contributed by atoms with Gasteiger partial charge in [-0.25, -0.2) is 4.79 Å². The molecule has 0 aliphatic heterocycles. The number of allylic oxidation sites excluding steroid dienone is 2. The van der Waals surface area contributed by atoms with Gasteiger partial charge in [-0.3, -0.25) is 14.4 Å². The maximum absolute atomic E-state index is 12.4. The second-order valence-electron chi connectivity index (χ2n) is 12.2. The Balaban J connectivity index is 1.38. The highest BCUT2D eigenvalue weighted by molar-refractivity contribution is 5.96. The lowest BCUT2D eigenvalue weighted by molar-refractivity contribution is -0.159. The maximum atomic E-state index is 12.4. The Morgan fingerprint density at radius 1 is 1.08 bits per heavy atom. The van der Waals surface area contributed by atoms with Crippen LogP contribution < -0.4 is 5.32 Å². The molecule has 38 heavy (non-hydrogen) atoms. The van der Waals surface area contributed by atoms with Crippen molar-refractivity contribution in [2.75, 3.05) is 6.61 Å². The number of Topliss-reactive ketones (excluding diaryl/α,β-unsaturated/α-hetero) is 1. The molecule has 0 aromatic rings. The van der Waals surface area contributed by atoms with Gasteiger partial charge in [-0.05, 0) is 94.0 Å². The topological polar surface area (TPSA) is 163 Å². The number of hydrogen-bond acceptors (Lipinski definition) is 7. The van der Waals surface area contributed by atoms with E-state index in [0.717, 1.165) is 44.2 Å². The van der Waals surface area contributed by atoms with Crippen molar-refractivity contribution in [3.05, 3.63) is 11.6 Å². The van der Waals surface area contributed by atoms with Crippen molar-refractivity contribution in [1.82, 2.24) is 5.32 Å². The summed E-state index contributed by atoms with van der Waals surface area (Å²) in [5.74, 6) is -1.90. The quantitative estimate of drug-likeness (QED) is 0.329. The Hall–Kier alpha value is -2.75. The summed E-state index contributed by atoms with van der Waals surface area (Å²) < 4.78 is 0. The SMILES string of the molecule is CC(=O)[C@@]1(O)CC[C@H]2[C@@H]3CCC4=CC(=NOCC(=O)N[C@@H](CCC(=O)O)C(=O)O)CC[C@]4(C)[C@H]3CC[C@@]21C. The number of hydrogen-bond donors (Lipinski definition) is 4. The zero-order valence-electron chi connectivity index (χ0n) is 22.5. The molecule has 10 nitrogen and oxygen atoms in total. The summed E-state index contributed by atoms with van der Waals surface area (Å²) in [6, 6.07) is -1.30. The van der Waals surface area contributed by atoms with Crippen molar-refractivity contribution in [3.63, 3.8) is 0 Å². The number of ketones is 1. The third-order valence-electron chi connectivity index (χ3n) is 10.4. The van der Waals surface area contributed by atoms with Gasteiger partial charge in [-0.15, -0.1) is 0 Å². The van der Waals surface area contributed by atoms with Gasteiger partial charge in [0.1, 0.15) is 11.6 Å². The van der Waals surface area contributed by atoms with E-state index >= 15 is 0 Å². The molecule has 0 saturated heterocycles. The van der Waals surface area contributed by atoms with Crippen LogP contribution in [0.4, 0.5) is 0 Å². The van der Waals surface area contributed by atoms with Crippen molar-refractivity contribution in [3.8, 4) is 0 Å². The molecule has 0 aromatic carbocycles. The molecule has 210 valence electrons. The molecular weight excluding hydrogens is 492 g/mol. The predicted molar refractivity (Wildman–Crippen MR) is 137 cm³/mol. The van der Waals surface area contributed by atoms with E-state index in [9.17, 15) is 29.4 Å². The first-order valence-electron chi connectivity index (χ1n) is 13.7. The molecule has 0 bridgehead atoms. The minimum Gasteiger partial charge on any atom is -0.481 e. The first kappa shape index (κ1) is 28.3. The summed E-state index contributed by atoms with van der Waals surface area (Å²) in [6.07, 6.45) is 8.32. The number of carbonyl (C=O) groups is 4. The van der Waals surface area contributed by atoms with Crippen molar-refractivity contribution in [2.24, 2.45) is 33.7 Å². The van der Waals surface area contributed by atoms with Crippen LogP contribution in [0.1, 0.15) is 85.0 Å². The largest absolute Gasteiger partial charge is 0.481 e. The Kier molecular flexibility index (Phi) is 7.76. The van der Waals surface area contributed by atoms with Gasteiger partial charge in [0.15, 0.2) is 12.4 Å². The second-order valence-corrected chi connectivity index (χ2v) is 12.2. The van der Waals surface area contributed by atoms with Crippen molar-refractivity contribution >= 4 is 29.3 Å². The maximum Gasteiger partial charge on any atom is 0.326 e. The van der Waals surface area contributed by atoms with Crippen LogP contribution in [0.2, 0.25) is 0 Å². The number of fused-ring (bicyclic) bond motifs is 5. The Morgan fingerprint density at radius 2 is 1.79 bits per heavy atom. The van der Waals surface area contributed by atoms with E-state index in [1.165, 1.54) is 12.5 Å². The molecule has 1 amide bonds. The first-order valence-corrected chi connectivity index (χ1v) is 13.7. The zero-order valence-corrected chi connectivity index (χ0v) is 22.5. The highest BCUT2D eigenvalue weighted by Crippen LogP contribution is 2.67. The van der Waals surface area contributed by atoms with Gasteiger partial charge < -0.3 is 25.5 Å². The minimum atomic E-state index is -1.30. The molecule has 0 heterocycles. The second kappa shape index (κ2) is 10.4.